The van der Waals surface area contributed by atoms with Gasteiger partial charge in [-0.05, 0) is 30.3 Å². The third-order valence-corrected chi connectivity index (χ3v) is 6.27. The van der Waals surface area contributed by atoms with Crippen molar-refractivity contribution in [1.82, 2.24) is 0 Å². The molecule has 0 aliphatic carbocycles. The molecule has 3 aromatic rings. The van der Waals surface area contributed by atoms with Crippen LogP contribution in [0.2, 0.25) is 5.02 Å². The average Bonchev–Trinajstić information content (AvgIpc) is 2.91. The number of ether oxygens (including phenoxy) is 1. The summed E-state index contributed by atoms with van der Waals surface area (Å²) < 4.78 is 73.8. The van der Waals surface area contributed by atoms with Crippen molar-refractivity contribution < 1.29 is 36.4 Å². The summed E-state index contributed by atoms with van der Waals surface area (Å²) in [6, 6.07) is 8.31. The number of nitro benzene ring substituents is 1. The van der Waals surface area contributed by atoms with Gasteiger partial charge in [-0.15, -0.1) is 0 Å². The summed E-state index contributed by atoms with van der Waals surface area (Å²) >= 11 is 6.39. The monoisotopic (exact) mass is 556 g/mol. The molecule has 0 aromatic heterocycles. The number of hydrogen-bond donors (Lipinski definition) is 1. The van der Waals surface area contributed by atoms with Gasteiger partial charge in [0.2, 0.25) is 5.82 Å². The van der Waals surface area contributed by atoms with E-state index in [1.165, 1.54) is 31.4 Å². The zero-order valence-electron chi connectivity index (χ0n) is 19.5. The minimum absolute atomic E-state index is 0.000724. The Morgan fingerprint density at radius 2 is 1.50 bits per heavy atom. The van der Waals surface area contributed by atoms with E-state index in [0.717, 1.165) is 11.0 Å². The second-order valence-electron chi connectivity index (χ2n) is 8.16. The highest BCUT2D eigenvalue weighted by Gasteiger charge is 2.31. The molecule has 1 amide bonds. The third-order valence-electron chi connectivity index (χ3n) is 5.97. The highest BCUT2D eigenvalue weighted by Crippen LogP contribution is 2.34. The zero-order chi connectivity index (χ0) is 27.7. The molecule has 38 heavy (non-hydrogen) atoms. The fraction of sp³-hybridized carbons (Fsp3) is 0.208. The smallest absolute Gasteiger partial charge is 0.311 e. The lowest BCUT2D eigenvalue weighted by atomic mass is 10.1. The van der Waals surface area contributed by atoms with Crippen molar-refractivity contribution in [2.24, 2.45) is 0 Å². The summed E-state index contributed by atoms with van der Waals surface area (Å²) in [6.07, 6.45) is 0. The summed E-state index contributed by atoms with van der Waals surface area (Å²) in [7, 11) is 1.27. The third kappa shape index (κ3) is 5.01. The Balaban J connectivity index is 1.46. The second-order valence-corrected chi connectivity index (χ2v) is 8.56. The number of methoxy groups -OCH3 is 1. The first kappa shape index (κ1) is 26.9. The molecular formula is C24H18ClF5N4O4. The van der Waals surface area contributed by atoms with Gasteiger partial charge in [-0.25, -0.2) is 22.0 Å². The summed E-state index contributed by atoms with van der Waals surface area (Å²) in [4.78, 5) is 26.0. The first-order chi connectivity index (χ1) is 18.0. The highest BCUT2D eigenvalue weighted by molar-refractivity contribution is 6.33. The van der Waals surface area contributed by atoms with Gasteiger partial charge in [-0.2, -0.15) is 0 Å². The minimum atomic E-state index is -2.22. The van der Waals surface area contributed by atoms with E-state index in [9.17, 15) is 36.9 Å². The molecule has 3 aromatic carbocycles. The van der Waals surface area contributed by atoms with Crippen LogP contribution in [0.15, 0.2) is 36.4 Å². The summed E-state index contributed by atoms with van der Waals surface area (Å²) in [5.74, 6) is -10.6. The van der Waals surface area contributed by atoms with Crippen LogP contribution in [0.3, 0.4) is 0 Å². The van der Waals surface area contributed by atoms with Gasteiger partial charge in [-0.1, -0.05) is 11.6 Å². The van der Waals surface area contributed by atoms with Gasteiger partial charge in [-0.3, -0.25) is 14.9 Å². The normalized spacial score (nSPS) is 13.4. The van der Waals surface area contributed by atoms with E-state index in [2.05, 4.69) is 5.32 Å². The van der Waals surface area contributed by atoms with Crippen LogP contribution in [-0.2, 0) is 0 Å². The molecule has 1 fully saturated rings. The molecule has 0 spiro atoms. The van der Waals surface area contributed by atoms with Gasteiger partial charge in [0.05, 0.1) is 22.7 Å². The number of carbonyl (C=O) groups excluding carboxylic acids is 1. The number of amides is 1. The van der Waals surface area contributed by atoms with E-state index in [1.54, 1.807) is 11.0 Å². The lowest BCUT2D eigenvalue weighted by molar-refractivity contribution is -0.385. The number of nitrogens with one attached hydrogen (secondary N) is 1. The quantitative estimate of drug-likeness (QED) is 0.141. The number of rotatable bonds is 6. The first-order valence-corrected chi connectivity index (χ1v) is 11.4. The van der Waals surface area contributed by atoms with Gasteiger partial charge in [0.25, 0.3) is 5.91 Å². The van der Waals surface area contributed by atoms with Gasteiger partial charge in [0.15, 0.2) is 29.0 Å². The number of carbonyl (C=O) groups is 1. The van der Waals surface area contributed by atoms with E-state index in [4.69, 9.17) is 16.3 Å². The molecule has 0 saturated carbocycles. The standard InChI is InChI=1S/C24H18ClF5N4O4/c1-38-17-5-2-12(10-16(17)34(36)37)24(35)31-13-3-4-15(14(25)11-13)32-6-8-33(9-7-32)23-21(29)19(27)18(26)20(28)22(23)30/h2-5,10-11H,6-9H2,1H3,(H,31,35). The Morgan fingerprint density at radius 3 is 2.05 bits per heavy atom. The summed E-state index contributed by atoms with van der Waals surface area (Å²) in [5.41, 5.74) is -0.534. The van der Waals surface area contributed by atoms with Gasteiger partial charge >= 0.3 is 5.69 Å². The summed E-state index contributed by atoms with van der Waals surface area (Å²) in [5, 5.41) is 14.0. The molecule has 1 saturated heterocycles. The highest BCUT2D eigenvalue weighted by atomic mass is 35.5. The van der Waals surface area contributed by atoms with Crippen LogP contribution < -0.4 is 19.9 Å². The Bertz CT molecular complexity index is 1400. The fourth-order valence-electron chi connectivity index (χ4n) is 4.06. The van der Waals surface area contributed by atoms with Crippen LogP contribution in [0.25, 0.3) is 0 Å². The Morgan fingerprint density at radius 1 is 0.921 bits per heavy atom. The van der Waals surface area contributed by atoms with Crippen LogP contribution in [-0.4, -0.2) is 44.1 Å². The van der Waals surface area contributed by atoms with Crippen LogP contribution in [0, 0.1) is 39.2 Å². The predicted octanol–water partition coefficient (Wildman–Crippen LogP) is 5.53. The maximum absolute atomic E-state index is 14.2. The molecule has 8 nitrogen and oxygen atoms in total. The molecule has 1 aliphatic rings. The van der Waals surface area contributed by atoms with Crippen molar-refractivity contribution in [3.05, 3.63) is 86.2 Å². The molecule has 1 aliphatic heterocycles. The van der Waals surface area contributed by atoms with E-state index < -0.39 is 45.6 Å². The number of benzene rings is 3. The Kier molecular flexibility index (Phi) is 7.58. The number of piperazine rings is 1. The fourth-order valence-corrected chi connectivity index (χ4v) is 4.36. The lowest BCUT2D eigenvalue weighted by Crippen LogP contribution is -2.47. The molecule has 0 bridgehead atoms. The van der Waals surface area contributed by atoms with Gasteiger partial charge in [0, 0.05) is 43.5 Å². The van der Waals surface area contributed by atoms with Crippen molar-refractivity contribution in [2.75, 3.05) is 48.4 Å². The largest absolute Gasteiger partial charge is 0.490 e. The lowest BCUT2D eigenvalue weighted by Gasteiger charge is -2.38. The molecule has 0 atom stereocenters. The maximum atomic E-state index is 14.2. The number of anilines is 3. The van der Waals surface area contributed by atoms with Crippen LogP contribution in [0.4, 0.5) is 44.7 Å². The van der Waals surface area contributed by atoms with E-state index in [-0.39, 0.29) is 48.2 Å². The van der Waals surface area contributed by atoms with Gasteiger partial charge < -0.3 is 19.9 Å². The van der Waals surface area contributed by atoms with Crippen LogP contribution >= 0.6 is 11.6 Å². The van der Waals surface area contributed by atoms with Crippen LogP contribution in [0.1, 0.15) is 10.4 Å². The van der Waals surface area contributed by atoms with Crippen molar-refractivity contribution in [2.45, 2.75) is 0 Å². The van der Waals surface area contributed by atoms with Crippen molar-refractivity contribution in [3.8, 4) is 5.75 Å². The summed E-state index contributed by atoms with van der Waals surface area (Å²) in [6.45, 7) is 0.202. The molecule has 200 valence electrons. The molecular weight excluding hydrogens is 539 g/mol. The number of nitro groups is 1. The number of nitrogens with zero attached hydrogens (tertiary/aromatic N) is 3. The van der Waals surface area contributed by atoms with Crippen molar-refractivity contribution in [1.29, 1.82) is 0 Å². The van der Waals surface area contributed by atoms with E-state index >= 15 is 0 Å². The number of hydrogen-bond acceptors (Lipinski definition) is 6. The van der Waals surface area contributed by atoms with Crippen LogP contribution in [0.5, 0.6) is 5.75 Å². The molecule has 0 unspecified atom stereocenters. The first-order valence-electron chi connectivity index (χ1n) is 11.0. The Labute approximate surface area is 217 Å². The minimum Gasteiger partial charge on any atom is -0.490 e. The molecule has 1 N–H and O–H groups in total. The van der Waals surface area contributed by atoms with E-state index in [1.807, 2.05) is 0 Å². The van der Waals surface area contributed by atoms with E-state index in [0.29, 0.717) is 11.4 Å². The van der Waals surface area contributed by atoms with Crippen molar-refractivity contribution >= 4 is 40.3 Å². The van der Waals surface area contributed by atoms with Gasteiger partial charge in [0.1, 0.15) is 5.69 Å². The second kappa shape index (κ2) is 10.7. The molecule has 1 heterocycles. The predicted molar refractivity (Wildman–Crippen MR) is 130 cm³/mol. The average molecular weight is 557 g/mol. The molecule has 4 rings (SSSR count). The SMILES string of the molecule is COc1ccc(C(=O)Nc2ccc(N3CCN(c4c(F)c(F)c(F)c(F)c4F)CC3)c(Cl)c2)cc1[N+](=O)[O-]. The maximum Gasteiger partial charge on any atom is 0.311 e. The molecule has 0 radical (unpaired) electrons. The zero-order valence-corrected chi connectivity index (χ0v) is 20.3. The Hall–Kier alpha value is -4.13. The van der Waals surface area contributed by atoms with Crippen molar-refractivity contribution in [3.63, 3.8) is 0 Å². The number of halogens is 6. The molecule has 14 heteroatoms. The topological polar surface area (TPSA) is 88.0 Å².